The molecule has 0 aliphatic heterocycles. The molecule has 6 heteroatoms. The van der Waals surface area contributed by atoms with E-state index >= 15 is 0 Å². The van der Waals surface area contributed by atoms with E-state index in [1.165, 1.54) is 5.56 Å². The average Bonchev–Trinajstić information content (AvgIpc) is 3.10. The lowest BCUT2D eigenvalue weighted by molar-refractivity contribution is 0.00368. The number of hydroxylamine groups is 1. The fraction of sp³-hybridized carbons (Fsp3) is 0.316. The third-order valence-electron chi connectivity index (χ3n) is 3.68. The van der Waals surface area contributed by atoms with Gasteiger partial charge in [0.2, 0.25) is 5.76 Å². The molecule has 2 aromatic rings. The number of nitrogens with one attached hydrogen (secondary N) is 1. The Morgan fingerprint density at radius 1 is 1.28 bits per heavy atom. The molecule has 25 heavy (non-hydrogen) atoms. The number of rotatable bonds is 4. The van der Waals surface area contributed by atoms with Crippen molar-refractivity contribution in [3.05, 3.63) is 51.7 Å². The molecule has 132 valence electrons. The second kappa shape index (κ2) is 6.69. The number of allylic oxidation sites excluding steroid dienone is 1. The standard InChI is InChI=1S/C19H20BrNO4/c1-19(2,3)25-18(22)16-10-14(20)17(24-16)12-5-7-13-11(9-12)6-8-15(13)21-23-4/h5,7-10,21H,6H2,1-4H3. The maximum absolute atomic E-state index is 12.2. The zero-order valence-electron chi connectivity index (χ0n) is 14.6. The summed E-state index contributed by atoms with van der Waals surface area (Å²) >= 11 is 3.47. The smallest absolute Gasteiger partial charge is 0.374 e. The first-order valence-corrected chi connectivity index (χ1v) is 8.73. The van der Waals surface area contributed by atoms with Gasteiger partial charge in [-0.3, -0.25) is 10.3 Å². The fourth-order valence-corrected chi connectivity index (χ4v) is 3.21. The molecule has 1 aliphatic rings. The van der Waals surface area contributed by atoms with Gasteiger partial charge in [-0.25, -0.2) is 4.79 Å². The van der Waals surface area contributed by atoms with Crippen LogP contribution in [-0.4, -0.2) is 18.7 Å². The highest BCUT2D eigenvalue weighted by atomic mass is 79.9. The third-order valence-corrected chi connectivity index (χ3v) is 4.27. The predicted molar refractivity (Wildman–Crippen MR) is 98.8 cm³/mol. The molecule has 1 aromatic heterocycles. The minimum atomic E-state index is -0.569. The van der Waals surface area contributed by atoms with Gasteiger partial charge in [-0.1, -0.05) is 18.2 Å². The number of carbonyl (C=O) groups is 1. The lowest BCUT2D eigenvalue weighted by Crippen LogP contribution is -2.23. The van der Waals surface area contributed by atoms with Gasteiger partial charge in [-0.05, 0) is 54.8 Å². The summed E-state index contributed by atoms with van der Waals surface area (Å²) in [5.41, 5.74) is 6.43. The quantitative estimate of drug-likeness (QED) is 0.589. The number of halogens is 1. The van der Waals surface area contributed by atoms with Crippen molar-refractivity contribution < 1.29 is 18.8 Å². The van der Waals surface area contributed by atoms with Crippen LogP contribution in [0.5, 0.6) is 0 Å². The average molecular weight is 406 g/mol. The molecule has 1 N–H and O–H groups in total. The zero-order chi connectivity index (χ0) is 18.2. The van der Waals surface area contributed by atoms with Gasteiger partial charge < -0.3 is 9.15 Å². The van der Waals surface area contributed by atoms with E-state index in [2.05, 4.69) is 33.6 Å². The largest absolute Gasteiger partial charge is 0.454 e. The van der Waals surface area contributed by atoms with Crippen LogP contribution >= 0.6 is 15.9 Å². The van der Waals surface area contributed by atoms with E-state index in [-0.39, 0.29) is 5.76 Å². The van der Waals surface area contributed by atoms with Crippen molar-refractivity contribution in [1.29, 1.82) is 0 Å². The lowest BCUT2D eigenvalue weighted by atomic mass is 10.0. The summed E-state index contributed by atoms with van der Waals surface area (Å²) in [6, 6.07) is 7.67. The number of esters is 1. The summed E-state index contributed by atoms with van der Waals surface area (Å²) in [4.78, 5) is 17.2. The highest BCUT2D eigenvalue weighted by molar-refractivity contribution is 9.10. The van der Waals surface area contributed by atoms with E-state index in [0.717, 1.165) is 27.7 Å². The van der Waals surface area contributed by atoms with Gasteiger partial charge in [0.15, 0.2) is 0 Å². The molecule has 1 aliphatic carbocycles. The Morgan fingerprint density at radius 2 is 2.04 bits per heavy atom. The molecule has 0 unspecified atom stereocenters. The Bertz CT molecular complexity index is 846. The number of hydrogen-bond acceptors (Lipinski definition) is 5. The first-order valence-electron chi connectivity index (χ1n) is 7.94. The van der Waals surface area contributed by atoms with Crippen molar-refractivity contribution in [2.75, 3.05) is 7.11 Å². The van der Waals surface area contributed by atoms with E-state index in [1.807, 2.05) is 32.9 Å². The lowest BCUT2D eigenvalue weighted by Gasteiger charge is -2.18. The summed E-state index contributed by atoms with van der Waals surface area (Å²) in [6.45, 7) is 5.47. The molecule has 0 bridgehead atoms. The van der Waals surface area contributed by atoms with Crippen molar-refractivity contribution >= 4 is 27.6 Å². The van der Waals surface area contributed by atoms with Crippen LogP contribution in [0.2, 0.25) is 0 Å². The summed E-state index contributed by atoms with van der Waals surface area (Å²) in [7, 11) is 1.59. The number of benzene rings is 1. The van der Waals surface area contributed by atoms with E-state index in [1.54, 1.807) is 13.2 Å². The molecule has 0 amide bonds. The number of fused-ring (bicyclic) bond motifs is 1. The minimum absolute atomic E-state index is 0.178. The van der Waals surface area contributed by atoms with Crippen LogP contribution in [-0.2, 0) is 16.0 Å². The normalized spacial score (nSPS) is 13.4. The van der Waals surface area contributed by atoms with Crippen LogP contribution in [0.25, 0.3) is 17.0 Å². The Balaban J connectivity index is 1.88. The molecule has 0 saturated carbocycles. The second-order valence-electron chi connectivity index (χ2n) is 6.79. The van der Waals surface area contributed by atoms with Crippen molar-refractivity contribution in [3.63, 3.8) is 0 Å². The summed E-state index contributed by atoms with van der Waals surface area (Å²) in [5.74, 6) is 0.308. The summed E-state index contributed by atoms with van der Waals surface area (Å²) in [6.07, 6.45) is 2.88. The van der Waals surface area contributed by atoms with E-state index < -0.39 is 11.6 Å². The number of carbonyl (C=O) groups excluding carboxylic acids is 1. The SMILES string of the molecule is CONC1=CCc2cc(-c3oc(C(=O)OC(C)(C)C)cc3Br)ccc21. The fourth-order valence-electron chi connectivity index (χ4n) is 2.69. The monoisotopic (exact) mass is 405 g/mol. The number of ether oxygens (including phenoxy) is 1. The molecule has 1 heterocycles. The molecule has 0 saturated heterocycles. The van der Waals surface area contributed by atoms with Crippen molar-refractivity contribution in [1.82, 2.24) is 5.48 Å². The van der Waals surface area contributed by atoms with E-state index in [9.17, 15) is 4.79 Å². The van der Waals surface area contributed by atoms with Crippen LogP contribution in [0, 0.1) is 0 Å². The summed E-state index contributed by atoms with van der Waals surface area (Å²) in [5, 5.41) is 0. The van der Waals surface area contributed by atoms with Gasteiger partial charge in [-0.15, -0.1) is 0 Å². The number of furan rings is 1. The first-order chi connectivity index (χ1) is 11.8. The molecule has 0 spiro atoms. The van der Waals surface area contributed by atoms with Gasteiger partial charge in [0, 0.05) is 17.2 Å². The van der Waals surface area contributed by atoms with Crippen LogP contribution in [0.3, 0.4) is 0 Å². The van der Waals surface area contributed by atoms with Gasteiger partial charge in [-0.2, -0.15) is 0 Å². The van der Waals surface area contributed by atoms with Crippen molar-refractivity contribution in [2.24, 2.45) is 0 Å². The van der Waals surface area contributed by atoms with Crippen LogP contribution in [0.15, 0.2) is 39.2 Å². The first kappa shape index (κ1) is 17.8. The highest BCUT2D eigenvalue weighted by Gasteiger charge is 2.24. The molecule has 3 rings (SSSR count). The van der Waals surface area contributed by atoms with E-state index in [0.29, 0.717) is 5.76 Å². The van der Waals surface area contributed by atoms with Crippen LogP contribution < -0.4 is 5.48 Å². The topological polar surface area (TPSA) is 60.7 Å². The maximum Gasteiger partial charge on any atom is 0.374 e. The van der Waals surface area contributed by atoms with Crippen LogP contribution in [0.4, 0.5) is 0 Å². The molecular weight excluding hydrogens is 386 g/mol. The second-order valence-corrected chi connectivity index (χ2v) is 7.64. The molecule has 0 atom stereocenters. The Labute approximate surface area is 155 Å². The number of hydrogen-bond donors (Lipinski definition) is 1. The highest BCUT2D eigenvalue weighted by Crippen LogP contribution is 2.35. The molecule has 1 aromatic carbocycles. The Morgan fingerprint density at radius 3 is 2.72 bits per heavy atom. The van der Waals surface area contributed by atoms with Crippen LogP contribution in [0.1, 0.15) is 42.5 Å². The predicted octanol–water partition coefficient (Wildman–Crippen LogP) is 4.71. The maximum atomic E-state index is 12.2. The van der Waals surface area contributed by atoms with Gasteiger partial charge in [0.25, 0.3) is 0 Å². The zero-order valence-corrected chi connectivity index (χ0v) is 16.2. The molecular formula is C19H20BrNO4. The van der Waals surface area contributed by atoms with Crippen molar-refractivity contribution in [2.45, 2.75) is 32.8 Å². The molecule has 5 nitrogen and oxygen atoms in total. The summed E-state index contributed by atoms with van der Waals surface area (Å²) < 4.78 is 11.8. The minimum Gasteiger partial charge on any atom is -0.454 e. The molecule has 0 fully saturated rings. The van der Waals surface area contributed by atoms with Gasteiger partial charge in [0.1, 0.15) is 11.4 Å². The Kier molecular flexibility index (Phi) is 4.75. The van der Waals surface area contributed by atoms with Gasteiger partial charge >= 0.3 is 5.97 Å². The van der Waals surface area contributed by atoms with Gasteiger partial charge in [0.05, 0.1) is 17.3 Å². The van der Waals surface area contributed by atoms with E-state index in [4.69, 9.17) is 14.0 Å². The van der Waals surface area contributed by atoms with Crippen molar-refractivity contribution in [3.8, 4) is 11.3 Å². The Hall–Kier alpha value is -2.05. The molecule has 0 radical (unpaired) electrons. The third kappa shape index (κ3) is 3.80.